The molecular weight excluding hydrogens is 374 g/mol. The van der Waals surface area contributed by atoms with Crippen molar-refractivity contribution in [1.82, 2.24) is 0 Å². The highest BCUT2D eigenvalue weighted by atomic mass is 35.5. The lowest BCUT2D eigenvalue weighted by Crippen LogP contribution is -2.33. The summed E-state index contributed by atoms with van der Waals surface area (Å²) in [5, 5.41) is 12.2. The monoisotopic (exact) mass is 391 g/mol. The first-order valence-electron chi connectivity index (χ1n) is 7.74. The van der Waals surface area contributed by atoms with E-state index in [1.165, 1.54) is 12.1 Å². The molecular formula is C18H18ClN3O3S. The first-order valence-corrected chi connectivity index (χ1v) is 9.97. The van der Waals surface area contributed by atoms with Crippen LogP contribution in [0.1, 0.15) is 17.5 Å². The van der Waals surface area contributed by atoms with E-state index in [0.29, 0.717) is 22.0 Å². The minimum absolute atomic E-state index is 0.0107. The van der Waals surface area contributed by atoms with Crippen LogP contribution < -0.4 is 9.62 Å². The number of halogens is 1. The van der Waals surface area contributed by atoms with Crippen molar-refractivity contribution in [1.29, 1.82) is 5.26 Å². The topological polar surface area (TPSA) is 90.3 Å². The first-order chi connectivity index (χ1) is 12.2. The summed E-state index contributed by atoms with van der Waals surface area (Å²) in [6.45, 7) is 1.81. The smallest absolute Gasteiger partial charge is 0.232 e. The van der Waals surface area contributed by atoms with E-state index < -0.39 is 10.0 Å². The molecule has 0 spiro atoms. The van der Waals surface area contributed by atoms with E-state index in [9.17, 15) is 13.2 Å². The summed E-state index contributed by atoms with van der Waals surface area (Å²) in [5.41, 5.74) is 2.28. The molecule has 0 saturated heterocycles. The lowest BCUT2D eigenvalue weighted by molar-refractivity contribution is -0.116. The first kappa shape index (κ1) is 19.8. The molecule has 0 atom stereocenters. The van der Waals surface area contributed by atoms with Gasteiger partial charge in [-0.1, -0.05) is 11.6 Å². The average Bonchev–Trinajstić information content (AvgIpc) is 2.57. The summed E-state index contributed by atoms with van der Waals surface area (Å²) in [6.07, 6.45) is 1.06. The summed E-state index contributed by atoms with van der Waals surface area (Å²) in [6, 6.07) is 13.2. The molecule has 0 heterocycles. The van der Waals surface area contributed by atoms with Crippen LogP contribution in [-0.4, -0.2) is 27.1 Å². The van der Waals surface area contributed by atoms with Crippen LogP contribution in [0.2, 0.25) is 5.02 Å². The fourth-order valence-corrected chi connectivity index (χ4v) is 3.53. The number of hydrogen-bond donors (Lipinski definition) is 1. The summed E-state index contributed by atoms with van der Waals surface area (Å²) in [7, 11) is -3.57. The van der Waals surface area contributed by atoms with Gasteiger partial charge in [-0.2, -0.15) is 5.26 Å². The summed E-state index contributed by atoms with van der Waals surface area (Å²) >= 11 is 5.89. The Labute approximate surface area is 158 Å². The minimum atomic E-state index is -3.57. The van der Waals surface area contributed by atoms with E-state index in [-0.39, 0.29) is 18.9 Å². The number of amides is 1. The molecule has 2 aromatic rings. The van der Waals surface area contributed by atoms with Gasteiger partial charge < -0.3 is 5.32 Å². The lowest BCUT2D eigenvalue weighted by Gasteiger charge is -2.22. The van der Waals surface area contributed by atoms with Crippen LogP contribution in [0.25, 0.3) is 0 Å². The second kappa shape index (κ2) is 8.21. The summed E-state index contributed by atoms with van der Waals surface area (Å²) < 4.78 is 25.3. The van der Waals surface area contributed by atoms with Crippen LogP contribution in [-0.2, 0) is 14.8 Å². The minimum Gasteiger partial charge on any atom is -0.326 e. The van der Waals surface area contributed by atoms with Gasteiger partial charge in [0.25, 0.3) is 0 Å². The van der Waals surface area contributed by atoms with Crippen molar-refractivity contribution in [2.75, 3.05) is 22.4 Å². The molecule has 136 valence electrons. The molecule has 0 aliphatic heterocycles. The Bertz CT molecular complexity index is 951. The molecule has 0 radical (unpaired) electrons. The SMILES string of the molecule is Cc1cc(Cl)ccc1NC(=O)CCN(c1ccc(C#N)cc1)S(C)(=O)=O. The molecule has 2 aromatic carbocycles. The van der Waals surface area contributed by atoms with Gasteiger partial charge in [0.15, 0.2) is 0 Å². The zero-order valence-corrected chi connectivity index (χ0v) is 15.9. The van der Waals surface area contributed by atoms with Crippen molar-refractivity contribution in [2.45, 2.75) is 13.3 Å². The fraction of sp³-hybridized carbons (Fsp3) is 0.222. The number of sulfonamides is 1. The Balaban J connectivity index is 2.09. The number of nitrogens with zero attached hydrogens (tertiary/aromatic N) is 2. The number of aryl methyl sites for hydroxylation is 1. The van der Waals surface area contributed by atoms with E-state index in [2.05, 4.69) is 5.32 Å². The second-order valence-corrected chi connectivity index (χ2v) is 8.09. The number of anilines is 2. The van der Waals surface area contributed by atoms with Crippen LogP contribution in [0.5, 0.6) is 0 Å². The molecule has 6 nitrogen and oxygen atoms in total. The highest BCUT2D eigenvalue weighted by molar-refractivity contribution is 7.92. The quantitative estimate of drug-likeness (QED) is 0.817. The third-order valence-corrected chi connectivity index (χ3v) is 5.12. The van der Waals surface area contributed by atoms with Crippen LogP contribution in [0, 0.1) is 18.3 Å². The van der Waals surface area contributed by atoms with Crippen LogP contribution in [0.15, 0.2) is 42.5 Å². The zero-order valence-electron chi connectivity index (χ0n) is 14.4. The maximum atomic E-state index is 12.2. The van der Waals surface area contributed by atoms with Crippen molar-refractivity contribution >= 4 is 38.9 Å². The summed E-state index contributed by atoms with van der Waals surface area (Å²) in [4.78, 5) is 12.2. The molecule has 8 heteroatoms. The third-order valence-electron chi connectivity index (χ3n) is 3.69. The van der Waals surface area contributed by atoms with Crippen molar-refractivity contribution in [3.05, 3.63) is 58.6 Å². The Kier molecular flexibility index (Phi) is 6.24. The van der Waals surface area contributed by atoms with Gasteiger partial charge in [-0.3, -0.25) is 9.10 Å². The Morgan fingerprint density at radius 3 is 2.42 bits per heavy atom. The lowest BCUT2D eigenvalue weighted by atomic mass is 10.2. The van der Waals surface area contributed by atoms with Crippen LogP contribution in [0.4, 0.5) is 11.4 Å². The van der Waals surface area contributed by atoms with Gasteiger partial charge in [0.05, 0.1) is 23.6 Å². The molecule has 0 saturated carbocycles. The van der Waals surface area contributed by atoms with Gasteiger partial charge in [-0.25, -0.2) is 8.42 Å². The van der Waals surface area contributed by atoms with E-state index in [4.69, 9.17) is 16.9 Å². The number of carbonyl (C=O) groups excluding carboxylic acids is 1. The van der Waals surface area contributed by atoms with E-state index in [1.807, 2.05) is 13.0 Å². The molecule has 1 amide bonds. The van der Waals surface area contributed by atoms with Crippen molar-refractivity contribution < 1.29 is 13.2 Å². The molecule has 0 aliphatic carbocycles. The van der Waals surface area contributed by atoms with Crippen LogP contribution >= 0.6 is 11.6 Å². The highest BCUT2D eigenvalue weighted by Crippen LogP contribution is 2.21. The van der Waals surface area contributed by atoms with Crippen molar-refractivity contribution in [2.24, 2.45) is 0 Å². The van der Waals surface area contributed by atoms with Crippen molar-refractivity contribution in [3.63, 3.8) is 0 Å². The van der Waals surface area contributed by atoms with Gasteiger partial charge >= 0.3 is 0 Å². The van der Waals surface area contributed by atoms with Gasteiger partial charge in [-0.15, -0.1) is 0 Å². The molecule has 2 rings (SSSR count). The number of hydrogen-bond acceptors (Lipinski definition) is 4. The third kappa shape index (κ3) is 5.22. The molecule has 0 bridgehead atoms. The highest BCUT2D eigenvalue weighted by Gasteiger charge is 2.19. The van der Waals surface area contributed by atoms with Crippen LogP contribution in [0.3, 0.4) is 0 Å². The number of nitriles is 1. The molecule has 0 fully saturated rings. The predicted octanol–water partition coefficient (Wildman–Crippen LogP) is 3.31. The zero-order chi connectivity index (χ0) is 19.3. The Morgan fingerprint density at radius 1 is 1.23 bits per heavy atom. The Morgan fingerprint density at radius 2 is 1.88 bits per heavy atom. The molecule has 0 aromatic heterocycles. The molecule has 0 aliphatic rings. The molecule has 0 unspecified atom stereocenters. The normalized spacial score (nSPS) is 10.8. The number of nitrogens with one attached hydrogen (secondary N) is 1. The van der Waals surface area contributed by atoms with Crippen molar-refractivity contribution in [3.8, 4) is 6.07 Å². The maximum Gasteiger partial charge on any atom is 0.232 e. The Hall–Kier alpha value is -2.56. The van der Waals surface area contributed by atoms with Gasteiger partial charge in [-0.05, 0) is 55.0 Å². The number of rotatable bonds is 6. The predicted molar refractivity (Wildman–Crippen MR) is 103 cm³/mol. The second-order valence-electron chi connectivity index (χ2n) is 5.75. The van der Waals surface area contributed by atoms with Gasteiger partial charge in [0, 0.05) is 23.7 Å². The van der Waals surface area contributed by atoms with Gasteiger partial charge in [0.1, 0.15) is 0 Å². The standard InChI is InChI=1S/C18H18ClN3O3S/c1-13-11-15(19)5-8-17(13)21-18(23)9-10-22(26(2,24)25)16-6-3-14(12-20)4-7-16/h3-8,11H,9-10H2,1-2H3,(H,21,23). The maximum absolute atomic E-state index is 12.2. The average molecular weight is 392 g/mol. The summed E-state index contributed by atoms with van der Waals surface area (Å²) in [5.74, 6) is -0.308. The largest absolute Gasteiger partial charge is 0.326 e. The number of carbonyl (C=O) groups is 1. The molecule has 1 N–H and O–H groups in total. The van der Waals surface area contributed by atoms with E-state index in [1.54, 1.807) is 30.3 Å². The molecule has 26 heavy (non-hydrogen) atoms. The van der Waals surface area contributed by atoms with E-state index in [0.717, 1.165) is 16.1 Å². The number of benzene rings is 2. The van der Waals surface area contributed by atoms with Gasteiger partial charge in [0.2, 0.25) is 15.9 Å². The van der Waals surface area contributed by atoms with E-state index >= 15 is 0 Å². The fourth-order valence-electron chi connectivity index (χ4n) is 2.37.